The first-order valence-electron chi connectivity index (χ1n) is 7.24. The minimum absolute atomic E-state index is 0.0305. The van der Waals surface area contributed by atoms with E-state index in [2.05, 4.69) is 0 Å². The molecule has 0 N–H and O–H groups in total. The quantitative estimate of drug-likeness (QED) is 0.792. The second-order valence-electron chi connectivity index (χ2n) is 6.01. The van der Waals surface area contributed by atoms with Gasteiger partial charge >= 0.3 is 0 Å². The highest BCUT2D eigenvalue weighted by atomic mass is 19.1. The van der Waals surface area contributed by atoms with Crippen LogP contribution in [0.2, 0.25) is 0 Å². The highest BCUT2D eigenvalue weighted by molar-refractivity contribution is 5.91. The summed E-state index contributed by atoms with van der Waals surface area (Å²) < 4.78 is 19.6. The van der Waals surface area contributed by atoms with Gasteiger partial charge in [0.2, 0.25) is 5.91 Å². The molecule has 2 unspecified atom stereocenters. The summed E-state index contributed by atoms with van der Waals surface area (Å²) in [6, 6.07) is 3.28. The van der Waals surface area contributed by atoms with E-state index >= 15 is 0 Å². The molecule has 2 fully saturated rings. The summed E-state index contributed by atoms with van der Waals surface area (Å²) in [5.74, 6) is 0.0443. The van der Waals surface area contributed by atoms with E-state index in [1.807, 2.05) is 0 Å². The van der Waals surface area contributed by atoms with Gasteiger partial charge in [-0.05, 0) is 25.0 Å². The third-order valence-electron chi connectivity index (χ3n) is 4.67. The van der Waals surface area contributed by atoms with Crippen LogP contribution in [0.3, 0.4) is 0 Å². The lowest BCUT2D eigenvalue weighted by atomic mass is 9.77. The lowest BCUT2D eigenvalue weighted by molar-refractivity contribution is -0.134. The summed E-state index contributed by atoms with van der Waals surface area (Å²) in [5, 5.41) is 0. The molecule has 5 nitrogen and oxygen atoms in total. The molecule has 0 aromatic carbocycles. The Morgan fingerprint density at radius 2 is 2.10 bits per heavy atom. The van der Waals surface area contributed by atoms with Crippen LogP contribution < -0.4 is 0 Å². The number of carbonyl (C=O) groups is 2. The Kier molecular flexibility index (Phi) is 3.47. The van der Waals surface area contributed by atoms with Gasteiger partial charge in [0.15, 0.2) is 5.76 Å². The largest absolute Gasteiger partial charge is 0.459 e. The van der Waals surface area contributed by atoms with E-state index in [1.54, 1.807) is 21.9 Å². The first-order chi connectivity index (χ1) is 10.0. The third kappa shape index (κ3) is 2.43. The van der Waals surface area contributed by atoms with Crippen LogP contribution in [0.25, 0.3) is 0 Å². The SMILES string of the molecule is CC(=O)N1CCC(F)C2(CCN(C(=O)c3ccco3)C2)C1. The van der Waals surface area contributed by atoms with Gasteiger partial charge in [-0.3, -0.25) is 9.59 Å². The molecule has 1 spiro atoms. The Morgan fingerprint density at radius 1 is 1.33 bits per heavy atom. The van der Waals surface area contributed by atoms with Crippen LogP contribution >= 0.6 is 0 Å². The smallest absolute Gasteiger partial charge is 0.289 e. The fourth-order valence-electron chi connectivity index (χ4n) is 3.41. The second kappa shape index (κ2) is 5.16. The lowest BCUT2D eigenvalue weighted by Gasteiger charge is -2.42. The number of alkyl halides is 1. The number of carbonyl (C=O) groups excluding carboxylic acids is 2. The monoisotopic (exact) mass is 294 g/mol. The number of piperidine rings is 1. The molecule has 2 amide bonds. The molecule has 0 saturated carbocycles. The van der Waals surface area contributed by atoms with E-state index in [0.717, 1.165) is 0 Å². The standard InChI is InChI=1S/C15H19FN2O3/c1-11(19)17-6-4-13(16)15(9-17)5-7-18(10-15)14(20)12-3-2-8-21-12/h2-3,8,13H,4-7,9-10H2,1H3. The van der Waals surface area contributed by atoms with E-state index in [-0.39, 0.29) is 17.6 Å². The molecular formula is C15H19FN2O3. The van der Waals surface area contributed by atoms with E-state index in [1.165, 1.54) is 13.2 Å². The molecule has 114 valence electrons. The number of nitrogens with zero attached hydrogens (tertiary/aromatic N) is 2. The molecule has 3 rings (SSSR count). The van der Waals surface area contributed by atoms with Crippen molar-refractivity contribution in [3.63, 3.8) is 0 Å². The fraction of sp³-hybridized carbons (Fsp3) is 0.600. The van der Waals surface area contributed by atoms with Crippen LogP contribution in [0.4, 0.5) is 4.39 Å². The molecule has 3 heterocycles. The molecule has 0 radical (unpaired) electrons. The number of rotatable bonds is 1. The van der Waals surface area contributed by atoms with Crippen LogP contribution in [0.1, 0.15) is 30.3 Å². The number of hydrogen-bond donors (Lipinski definition) is 0. The van der Waals surface area contributed by atoms with Crippen molar-refractivity contribution >= 4 is 11.8 Å². The van der Waals surface area contributed by atoms with Gasteiger partial charge in [0.05, 0.1) is 6.26 Å². The van der Waals surface area contributed by atoms with Crippen molar-refractivity contribution in [3.8, 4) is 0 Å². The summed E-state index contributed by atoms with van der Waals surface area (Å²) in [6.07, 6.45) is 1.42. The van der Waals surface area contributed by atoms with Crippen molar-refractivity contribution in [1.29, 1.82) is 0 Å². The summed E-state index contributed by atoms with van der Waals surface area (Å²) in [6.45, 7) is 3.21. The molecule has 1 aromatic heterocycles. The number of furan rings is 1. The van der Waals surface area contributed by atoms with E-state index in [0.29, 0.717) is 39.0 Å². The average Bonchev–Trinajstić information content (AvgIpc) is 3.12. The molecule has 1 aromatic rings. The maximum absolute atomic E-state index is 14.5. The Morgan fingerprint density at radius 3 is 2.76 bits per heavy atom. The highest BCUT2D eigenvalue weighted by Crippen LogP contribution is 2.41. The maximum atomic E-state index is 14.5. The van der Waals surface area contributed by atoms with Crippen molar-refractivity contribution in [2.24, 2.45) is 5.41 Å². The molecule has 2 saturated heterocycles. The molecule has 21 heavy (non-hydrogen) atoms. The van der Waals surface area contributed by atoms with Gasteiger partial charge in [-0.15, -0.1) is 0 Å². The van der Waals surface area contributed by atoms with E-state index in [4.69, 9.17) is 4.42 Å². The predicted octanol–water partition coefficient (Wildman–Crippen LogP) is 1.70. The number of hydrogen-bond acceptors (Lipinski definition) is 3. The second-order valence-corrected chi connectivity index (χ2v) is 6.01. The highest BCUT2D eigenvalue weighted by Gasteiger charge is 2.50. The zero-order valence-electron chi connectivity index (χ0n) is 12.0. The Balaban J connectivity index is 1.75. The van der Waals surface area contributed by atoms with Gasteiger partial charge < -0.3 is 14.2 Å². The van der Waals surface area contributed by atoms with Crippen molar-refractivity contribution in [1.82, 2.24) is 9.80 Å². The summed E-state index contributed by atoms with van der Waals surface area (Å²) in [7, 11) is 0. The maximum Gasteiger partial charge on any atom is 0.289 e. The van der Waals surface area contributed by atoms with Gasteiger partial charge in [-0.25, -0.2) is 4.39 Å². The summed E-state index contributed by atoms with van der Waals surface area (Å²) >= 11 is 0. The molecule has 6 heteroatoms. The van der Waals surface area contributed by atoms with Gasteiger partial charge in [0, 0.05) is 38.5 Å². The topological polar surface area (TPSA) is 53.8 Å². The van der Waals surface area contributed by atoms with Crippen LogP contribution in [-0.4, -0.2) is 54.0 Å². The molecule has 2 aliphatic heterocycles. The van der Waals surface area contributed by atoms with Gasteiger partial charge in [-0.1, -0.05) is 0 Å². The number of amides is 2. The van der Waals surface area contributed by atoms with Gasteiger partial charge in [-0.2, -0.15) is 0 Å². The van der Waals surface area contributed by atoms with Crippen molar-refractivity contribution < 1.29 is 18.4 Å². The molecule has 0 bridgehead atoms. The zero-order valence-corrected chi connectivity index (χ0v) is 12.0. The average molecular weight is 294 g/mol. The first-order valence-corrected chi connectivity index (χ1v) is 7.24. The lowest BCUT2D eigenvalue weighted by Crippen LogP contribution is -2.53. The normalized spacial score (nSPS) is 29.1. The van der Waals surface area contributed by atoms with Crippen LogP contribution in [0, 0.1) is 5.41 Å². The molecule has 2 aliphatic rings. The molecule has 2 atom stereocenters. The summed E-state index contributed by atoms with van der Waals surface area (Å²) in [5.41, 5.74) is -0.619. The van der Waals surface area contributed by atoms with Gasteiger partial charge in [0.1, 0.15) is 6.17 Å². The Labute approximate surface area is 122 Å². The fourth-order valence-corrected chi connectivity index (χ4v) is 3.41. The van der Waals surface area contributed by atoms with Gasteiger partial charge in [0.25, 0.3) is 5.91 Å². The summed E-state index contributed by atoms with van der Waals surface area (Å²) in [4.78, 5) is 27.2. The number of likely N-dealkylation sites (tertiary alicyclic amines) is 2. The predicted molar refractivity (Wildman–Crippen MR) is 73.4 cm³/mol. The van der Waals surface area contributed by atoms with Crippen molar-refractivity contribution in [3.05, 3.63) is 24.2 Å². The Bertz CT molecular complexity index is 545. The van der Waals surface area contributed by atoms with Crippen molar-refractivity contribution in [2.75, 3.05) is 26.2 Å². The van der Waals surface area contributed by atoms with Crippen LogP contribution in [-0.2, 0) is 4.79 Å². The molecular weight excluding hydrogens is 275 g/mol. The van der Waals surface area contributed by atoms with E-state index in [9.17, 15) is 14.0 Å². The van der Waals surface area contributed by atoms with E-state index < -0.39 is 11.6 Å². The zero-order chi connectivity index (χ0) is 15.0. The van der Waals surface area contributed by atoms with Crippen molar-refractivity contribution in [2.45, 2.75) is 25.9 Å². The Hall–Kier alpha value is -1.85. The third-order valence-corrected chi connectivity index (χ3v) is 4.67. The number of halogens is 1. The van der Waals surface area contributed by atoms with Crippen LogP contribution in [0.5, 0.6) is 0 Å². The van der Waals surface area contributed by atoms with Crippen LogP contribution in [0.15, 0.2) is 22.8 Å². The first kappa shape index (κ1) is 14.1. The molecule has 0 aliphatic carbocycles. The minimum Gasteiger partial charge on any atom is -0.459 e. The minimum atomic E-state index is -0.970.